The van der Waals surface area contributed by atoms with Gasteiger partial charge in [-0.25, -0.2) is 4.98 Å². The van der Waals surface area contributed by atoms with Crippen LogP contribution in [-0.2, 0) is 15.1 Å². The average Bonchev–Trinajstić information content (AvgIpc) is 3.36. The van der Waals surface area contributed by atoms with E-state index in [1.54, 1.807) is 39.3 Å². The number of nitrogens with one attached hydrogen (secondary N) is 1. The van der Waals surface area contributed by atoms with Gasteiger partial charge in [-0.2, -0.15) is 4.98 Å². The van der Waals surface area contributed by atoms with Crippen LogP contribution in [0, 0.1) is 18.8 Å². The number of hydrogen-bond acceptors (Lipinski definition) is 10. The molecule has 32 heavy (non-hydrogen) atoms. The highest BCUT2D eigenvalue weighted by Crippen LogP contribution is 2.40. The normalized spacial score (nSPS) is 16.6. The van der Waals surface area contributed by atoms with Crippen LogP contribution in [0.25, 0.3) is 0 Å². The molecular weight excluding hydrogens is 412 g/mol. The zero-order valence-electron chi connectivity index (χ0n) is 18.0. The van der Waals surface area contributed by atoms with E-state index in [-0.39, 0.29) is 5.95 Å². The molecule has 0 amide bonds. The lowest BCUT2D eigenvalue weighted by Crippen LogP contribution is -2.36. The summed E-state index contributed by atoms with van der Waals surface area (Å²) in [5.41, 5.74) is 7.03. The van der Waals surface area contributed by atoms with Crippen LogP contribution in [0.5, 0.6) is 0 Å². The molecule has 0 fully saturated rings. The third kappa shape index (κ3) is 4.50. The smallest absolute Gasteiger partial charge is 0.221 e. The number of aromatic nitrogens is 3. The molecule has 10 nitrogen and oxygen atoms in total. The number of fused-ring (bicyclic) bond motifs is 1. The Morgan fingerprint density at radius 2 is 2.16 bits per heavy atom. The van der Waals surface area contributed by atoms with Crippen LogP contribution >= 0.6 is 0 Å². The van der Waals surface area contributed by atoms with Crippen molar-refractivity contribution in [2.75, 3.05) is 36.3 Å². The average molecular weight is 436 g/mol. The first kappa shape index (κ1) is 21.6. The molecule has 1 aliphatic rings. The lowest BCUT2D eigenvalue weighted by molar-refractivity contribution is 0.0361. The predicted molar refractivity (Wildman–Crippen MR) is 118 cm³/mol. The molecule has 166 valence electrons. The van der Waals surface area contributed by atoms with E-state index in [4.69, 9.17) is 19.7 Å². The lowest BCUT2D eigenvalue weighted by atomic mass is 10.0. The van der Waals surface area contributed by atoms with Crippen molar-refractivity contribution in [2.45, 2.75) is 25.8 Å². The van der Waals surface area contributed by atoms with Crippen LogP contribution in [0.3, 0.4) is 0 Å². The van der Waals surface area contributed by atoms with Gasteiger partial charge in [0.1, 0.15) is 17.3 Å². The van der Waals surface area contributed by atoms with Gasteiger partial charge in [-0.3, -0.25) is 4.90 Å². The van der Waals surface area contributed by atoms with Gasteiger partial charge in [0.2, 0.25) is 12.3 Å². The van der Waals surface area contributed by atoms with Gasteiger partial charge >= 0.3 is 0 Å². The SMILES string of the molecule is COCCOC1Nc2ccc(C#C[C@@](C)(O)c3cc(C)on3)cc2N1c1ccnc(N)n1. The number of nitrogens with two attached hydrogens (primary N) is 1. The first-order chi connectivity index (χ1) is 15.4. The number of hydrogen-bond donors (Lipinski definition) is 3. The molecule has 0 saturated heterocycles. The first-order valence-electron chi connectivity index (χ1n) is 9.95. The quantitative estimate of drug-likeness (QED) is 0.390. The summed E-state index contributed by atoms with van der Waals surface area (Å²) in [5, 5.41) is 17.9. The second-order valence-electron chi connectivity index (χ2n) is 7.38. The molecule has 0 aliphatic carbocycles. The van der Waals surface area contributed by atoms with Crippen molar-refractivity contribution < 1.29 is 19.1 Å². The van der Waals surface area contributed by atoms with E-state index in [1.165, 1.54) is 0 Å². The monoisotopic (exact) mass is 436 g/mol. The van der Waals surface area contributed by atoms with Crippen LogP contribution in [0.4, 0.5) is 23.1 Å². The highest BCUT2D eigenvalue weighted by molar-refractivity contribution is 5.82. The third-order valence-electron chi connectivity index (χ3n) is 4.82. The largest absolute Gasteiger partial charge is 0.382 e. The fraction of sp³-hybridized carbons (Fsp3) is 0.318. The molecule has 0 saturated carbocycles. The van der Waals surface area contributed by atoms with Gasteiger partial charge in [-0.15, -0.1) is 0 Å². The Morgan fingerprint density at radius 3 is 2.88 bits per heavy atom. The van der Waals surface area contributed by atoms with Crippen molar-refractivity contribution in [2.24, 2.45) is 0 Å². The standard InChI is InChI=1S/C22H24N6O4/c1-14-12-18(27-32-14)22(2,29)8-6-15-4-5-16-17(13-15)28(19-7-9-24-20(23)26-19)21(25-16)31-11-10-30-3/h4-5,7,9,12-13,21,25,29H,10-11H2,1-3H3,(H2,23,24,26)/t21?,22-/m1/s1. The molecule has 2 aromatic heterocycles. The molecule has 0 bridgehead atoms. The van der Waals surface area contributed by atoms with Crippen molar-refractivity contribution in [3.63, 3.8) is 0 Å². The van der Waals surface area contributed by atoms with Crippen LogP contribution in [0.15, 0.2) is 41.1 Å². The Balaban J connectivity index is 1.66. The van der Waals surface area contributed by atoms with Crippen LogP contribution in [0.1, 0.15) is 23.9 Å². The zero-order chi connectivity index (χ0) is 22.7. The second kappa shape index (κ2) is 8.84. The molecule has 4 N–H and O–H groups in total. The summed E-state index contributed by atoms with van der Waals surface area (Å²) in [6, 6.07) is 9.04. The summed E-state index contributed by atoms with van der Waals surface area (Å²) >= 11 is 0. The molecule has 4 rings (SSSR count). The number of methoxy groups -OCH3 is 1. The minimum absolute atomic E-state index is 0.154. The fourth-order valence-electron chi connectivity index (χ4n) is 3.21. The number of benzene rings is 1. The Hall–Kier alpha value is -3.65. The van der Waals surface area contributed by atoms with Crippen molar-refractivity contribution in [3.05, 3.63) is 53.5 Å². The number of aryl methyl sites for hydroxylation is 1. The summed E-state index contributed by atoms with van der Waals surface area (Å²) in [6.45, 7) is 4.16. The maximum atomic E-state index is 10.7. The Bertz CT molecular complexity index is 1170. The maximum absolute atomic E-state index is 10.7. The Labute approximate surface area is 185 Å². The van der Waals surface area contributed by atoms with Crippen molar-refractivity contribution in [1.29, 1.82) is 0 Å². The minimum Gasteiger partial charge on any atom is -0.382 e. The van der Waals surface area contributed by atoms with E-state index in [1.807, 2.05) is 23.1 Å². The molecular formula is C22H24N6O4. The van der Waals surface area contributed by atoms with Gasteiger partial charge in [-0.1, -0.05) is 17.0 Å². The first-order valence-corrected chi connectivity index (χ1v) is 9.95. The van der Waals surface area contributed by atoms with E-state index in [2.05, 4.69) is 32.3 Å². The highest BCUT2D eigenvalue weighted by Gasteiger charge is 2.32. The summed E-state index contributed by atoms with van der Waals surface area (Å²) in [4.78, 5) is 10.2. The van der Waals surface area contributed by atoms with Crippen molar-refractivity contribution in [3.8, 4) is 11.8 Å². The predicted octanol–water partition coefficient (Wildman–Crippen LogP) is 2.12. The summed E-state index contributed by atoms with van der Waals surface area (Å²) in [6.07, 6.45) is 1.07. The lowest BCUT2D eigenvalue weighted by Gasteiger charge is -2.25. The van der Waals surface area contributed by atoms with E-state index in [0.29, 0.717) is 36.0 Å². The van der Waals surface area contributed by atoms with Gasteiger partial charge in [0.05, 0.1) is 24.6 Å². The van der Waals surface area contributed by atoms with Crippen molar-refractivity contribution >= 4 is 23.1 Å². The summed E-state index contributed by atoms with van der Waals surface area (Å²) < 4.78 is 16.1. The number of ether oxygens (including phenoxy) is 2. The van der Waals surface area contributed by atoms with E-state index >= 15 is 0 Å². The van der Waals surface area contributed by atoms with E-state index < -0.39 is 12.0 Å². The van der Waals surface area contributed by atoms with E-state index in [0.717, 1.165) is 11.4 Å². The van der Waals surface area contributed by atoms with E-state index in [9.17, 15) is 5.11 Å². The van der Waals surface area contributed by atoms with Crippen LogP contribution in [-0.4, -0.2) is 46.9 Å². The fourth-order valence-corrected chi connectivity index (χ4v) is 3.21. The number of aliphatic hydroxyl groups is 1. The minimum atomic E-state index is -1.46. The Morgan fingerprint density at radius 1 is 1.31 bits per heavy atom. The molecule has 3 heterocycles. The Kier molecular flexibility index (Phi) is 5.96. The van der Waals surface area contributed by atoms with Crippen LogP contribution < -0.4 is 16.0 Å². The molecule has 1 unspecified atom stereocenters. The third-order valence-corrected chi connectivity index (χ3v) is 4.82. The number of anilines is 4. The molecule has 10 heteroatoms. The topological polar surface area (TPSA) is 132 Å². The molecule has 1 aromatic carbocycles. The van der Waals surface area contributed by atoms with Crippen LogP contribution in [0.2, 0.25) is 0 Å². The molecule has 0 spiro atoms. The van der Waals surface area contributed by atoms with Crippen molar-refractivity contribution in [1.82, 2.24) is 15.1 Å². The summed E-state index contributed by atoms with van der Waals surface area (Å²) in [5.74, 6) is 7.21. The molecule has 3 aromatic rings. The second-order valence-corrected chi connectivity index (χ2v) is 7.38. The number of rotatable bonds is 6. The molecule has 0 radical (unpaired) electrons. The van der Waals surface area contributed by atoms with Gasteiger partial charge in [0.25, 0.3) is 0 Å². The maximum Gasteiger partial charge on any atom is 0.221 e. The van der Waals surface area contributed by atoms with Gasteiger partial charge in [0, 0.05) is 24.9 Å². The van der Waals surface area contributed by atoms with Gasteiger partial charge in [0.15, 0.2) is 5.60 Å². The summed E-state index contributed by atoms with van der Waals surface area (Å²) in [7, 11) is 1.61. The zero-order valence-corrected chi connectivity index (χ0v) is 18.0. The van der Waals surface area contributed by atoms with Gasteiger partial charge < -0.3 is 30.2 Å². The number of nitrogens with zero attached hydrogens (tertiary/aromatic N) is 4. The van der Waals surface area contributed by atoms with Gasteiger partial charge in [-0.05, 0) is 38.1 Å². The molecule has 1 aliphatic heterocycles. The number of nitrogen functional groups attached to an aromatic ring is 1. The molecule has 2 atom stereocenters. The highest BCUT2D eigenvalue weighted by atomic mass is 16.5.